The molecule has 1 aromatic rings. The lowest BCUT2D eigenvalue weighted by Crippen LogP contribution is -2.57. The molecule has 0 saturated heterocycles. The fraction of sp³-hybridized carbons (Fsp3) is 0.650. The molecule has 4 aliphatic carbocycles. The normalized spacial score (nSPS) is 34.8. The Morgan fingerprint density at radius 1 is 1.12 bits per heavy atom. The second-order valence-electron chi connectivity index (χ2n) is 8.46. The molecule has 1 atom stereocenters. The molecule has 0 unspecified atom stereocenters. The van der Waals surface area contributed by atoms with Gasteiger partial charge in [-0.1, -0.05) is 12.1 Å². The number of rotatable bonds is 4. The van der Waals surface area contributed by atoms with Crippen molar-refractivity contribution in [3.63, 3.8) is 0 Å². The van der Waals surface area contributed by atoms with Gasteiger partial charge < -0.3 is 10.6 Å². The van der Waals surface area contributed by atoms with E-state index < -0.39 is 0 Å². The summed E-state index contributed by atoms with van der Waals surface area (Å²) in [5.41, 5.74) is 1.50. The number of hydrogen-bond acceptors (Lipinski definition) is 1. The number of thiocarbonyl (C=S) groups is 1. The fourth-order valence-electron chi connectivity index (χ4n) is 5.89. The minimum Gasteiger partial charge on any atom is -0.360 e. The van der Waals surface area contributed by atoms with Gasteiger partial charge in [0.1, 0.15) is 5.82 Å². The van der Waals surface area contributed by atoms with Crippen LogP contribution < -0.4 is 10.6 Å². The van der Waals surface area contributed by atoms with Crippen molar-refractivity contribution in [2.75, 3.05) is 0 Å². The van der Waals surface area contributed by atoms with Gasteiger partial charge in [0.15, 0.2) is 5.11 Å². The van der Waals surface area contributed by atoms with E-state index in [9.17, 15) is 4.39 Å². The van der Waals surface area contributed by atoms with Crippen LogP contribution in [0.15, 0.2) is 24.3 Å². The second-order valence-corrected chi connectivity index (χ2v) is 8.86. The summed E-state index contributed by atoms with van der Waals surface area (Å²) in [6, 6.07) is 7.01. The first-order valence-corrected chi connectivity index (χ1v) is 9.72. The van der Waals surface area contributed by atoms with E-state index in [0.29, 0.717) is 18.0 Å². The quantitative estimate of drug-likeness (QED) is 0.791. The van der Waals surface area contributed by atoms with Gasteiger partial charge in [0.05, 0.1) is 0 Å². The van der Waals surface area contributed by atoms with E-state index in [4.69, 9.17) is 12.2 Å². The lowest BCUT2D eigenvalue weighted by atomic mass is 9.48. The Hall–Kier alpha value is -1.16. The SMILES string of the molecule is C[C@@H](NC(=S)NCc1ccc(F)cc1)C12CC3CC(CC(C3)C1)C2. The molecule has 2 nitrogen and oxygen atoms in total. The largest absolute Gasteiger partial charge is 0.360 e. The summed E-state index contributed by atoms with van der Waals surface area (Å²) in [6.45, 7) is 2.96. The van der Waals surface area contributed by atoms with Crippen molar-refractivity contribution in [2.24, 2.45) is 23.2 Å². The first-order chi connectivity index (χ1) is 11.5. The molecule has 5 rings (SSSR count). The third kappa shape index (κ3) is 3.17. The molecule has 4 heteroatoms. The number of halogens is 1. The van der Waals surface area contributed by atoms with Crippen LogP contribution in [0.25, 0.3) is 0 Å². The minimum atomic E-state index is -0.199. The van der Waals surface area contributed by atoms with Crippen LogP contribution in [0.1, 0.15) is 51.0 Å². The minimum absolute atomic E-state index is 0.199. The topological polar surface area (TPSA) is 24.1 Å². The van der Waals surface area contributed by atoms with E-state index in [2.05, 4.69) is 17.6 Å². The molecule has 0 spiro atoms. The second kappa shape index (κ2) is 6.29. The zero-order chi connectivity index (χ0) is 16.7. The Kier molecular flexibility index (Phi) is 4.27. The van der Waals surface area contributed by atoms with Crippen molar-refractivity contribution in [3.05, 3.63) is 35.6 Å². The van der Waals surface area contributed by atoms with Gasteiger partial charge in [-0.05, 0) is 98.5 Å². The van der Waals surface area contributed by atoms with Crippen molar-refractivity contribution in [1.82, 2.24) is 10.6 Å². The average Bonchev–Trinajstić information content (AvgIpc) is 2.53. The zero-order valence-electron chi connectivity index (χ0n) is 14.4. The molecular weight excluding hydrogens is 319 g/mol. The van der Waals surface area contributed by atoms with Crippen LogP contribution in [-0.4, -0.2) is 11.2 Å². The van der Waals surface area contributed by atoms with E-state index in [1.54, 1.807) is 12.1 Å². The summed E-state index contributed by atoms with van der Waals surface area (Å²) in [6.07, 6.45) is 8.56. The molecule has 0 heterocycles. The van der Waals surface area contributed by atoms with Crippen molar-refractivity contribution in [2.45, 2.75) is 58.0 Å². The van der Waals surface area contributed by atoms with Crippen LogP contribution >= 0.6 is 12.2 Å². The first kappa shape index (κ1) is 16.3. The van der Waals surface area contributed by atoms with Gasteiger partial charge in [0.25, 0.3) is 0 Å². The molecule has 1 aromatic carbocycles. The third-order valence-corrected chi connectivity index (χ3v) is 6.98. The van der Waals surface area contributed by atoms with Crippen molar-refractivity contribution < 1.29 is 4.39 Å². The number of hydrogen-bond donors (Lipinski definition) is 2. The highest BCUT2D eigenvalue weighted by molar-refractivity contribution is 7.80. The Bertz CT molecular complexity index is 577. The lowest BCUT2D eigenvalue weighted by molar-refractivity contribution is -0.0672. The van der Waals surface area contributed by atoms with Crippen molar-refractivity contribution in [1.29, 1.82) is 0 Å². The van der Waals surface area contributed by atoms with Crippen molar-refractivity contribution >= 4 is 17.3 Å². The Labute approximate surface area is 149 Å². The molecule has 4 saturated carbocycles. The predicted molar refractivity (Wildman–Crippen MR) is 99.0 cm³/mol. The summed E-state index contributed by atoms with van der Waals surface area (Å²) in [7, 11) is 0. The maximum atomic E-state index is 13.0. The highest BCUT2D eigenvalue weighted by Crippen LogP contribution is 2.61. The Morgan fingerprint density at radius 2 is 1.67 bits per heavy atom. The Balaban J connectivity index is 1.33. The van der Waals surface area contributed by atoms with E-state index in [-0.39, 0.29) is 5.82 Å². The summed E-state index contributed by atoms with van der Waals surface area (Å²) < 4.78 is 13.0. The Morgan fingerprint density at radius 3 is 2.21 bits per heavy atom. The predicted octanol–water partition coefficient (Wildman–Crippen LogP) is 4.39. The van der Waals surface area contributed by atoms with E-state index >= 15 is 0 Å². The standard InChI is InChI=1S/C20H27FN2S/c1-13(20-9-15-6-16(10-20)8-17(7-15)11-20)23-19(24)22-12-14-2-4-18(21)5-3-14/h2-5,13,15-17H,6-12H2,1H3,(H2,22,23,24)/t13-,15?,16?,17?,20?/m1/s1. The van der Waals surface area contributed by atoms with Gasteiger partial charge in [-0.3, -0.25) is 0 Å². The van der Waals surface area contributed by atoms with Crippen LogP contribution in [-0.2, 0) is 6.54 Å². The molecule has 4 aliphatic rings. The molecular formula is C20H27FN2S. The lowest BCUT2D eigenvalue weighted by Gasteiger charge is -2.59. The molecule has 4 fully saturated rings. The summed E-state index contributed by atoms with van der Waals surface area (Å²) >= 11 is 5.51. The van der Waals surface area contributed by atoms with Crippen molar-refractivity contribution in [3.8, 4) is 0 Å². The smallest absolute Gasteiger partial charge is 0.166 e. The van der Waals surface area contributed by atoms with E-state index in [1.165, 1.54) is 50.7 Å². The van der Waals surface area contributed by atoms with E-state index in [1.807, 2.05) is 0 Å². The summed E-state index contributed by atoms with van der Waals surface area (Å²) in [5, 5.41) is 7.57. The van der Waals surface area contributed by atoms with Crippen LogP contribution in [0.4, 0.5) is 4.39 Å². The van der Waals surface area contributed by atoms with E-state index in [0.717, 1.165) is 28.4 Å². The van der Waals surface area contributed by atoms with Gasteiger partial charge in [0.2, 0.25) is 0 Å². The molecule has 0 amide bonds. The van der Waals surface area contributed by atoms with Crippen LogP contribution in [0.2, 0.25) is 0 Å². The van der Waals surface area contributed by atoms with Crippen LogP contribution in [0.3, 0.4) is 0 Å². The maximum Gasteiger partial charge on any atom is 0.166 e. The van der Waals surface area contributed by atoms with Gasteiger partial charge in [-0.15, -0.1) is 0 Å². The molecule has 0 aliphatic heterocycles. The summed E-state index contributed by atoms with van der Waals surface area (Å²) in [4.78, 5) is 0. The maximum absolute atomic E-state index is 13.0. The molecule has 0 radical (unpaired) electrons. The van der Waals surface area contributed by atoms with Crippen LogP contribution in [0, 0.1) is 29.0 Å². The fourth-order valence-corrected chi connectivity index (χ4v) is 6.14. The monoisotopic (exact) mass is 346 g/mol. The zero-order valence-corrected chi connectivity index (χ0v) is 15.2. The van der Waals surface area contributed by atoms with Gasteiger partial charge in [0, 0.05) is 12.6 Å². The molecule has 4 bridgehead atoms. The molecule has 2 N–H and O–H groups in total. The summed E-state index contributed by atoms with van der Waals surface area (Å²) in [5.74, 6) is 2.68. The number of nitrogens with one attached hydrogen (secondary N) is 2. The third-order valence-electron chi connectivity index (χ3n) is 6.72. The highest BCUT2D eigenvalue weighted by atomic mass is 32.1. The first-order valence-electron chi connectivity index (χ1n) is 9.31. The number of benzene rings is 1. The average molecular weight is 347 g/mol. The highest BCUT2D eigenvalue weighted by Gasteiger charge is 2.53. The van der Waals surface area contributed by atoms with Crippen LogP contribution in [0.5, 0.6) is 0 Å². The van der Waals surface area contributed by atoms with Gasteiger partial charge in [-0.2, -0.15) is 0 Å². The van der Waals surface area contributed by atoms with Gasteiger partial charge >= 0.3 is 0 Å². The molecule has 0 aromatic heterocycles. The van der Waals surface area contributed by atoms with Gasteiger partial charge in [-0.25, -0.2) is 4.39 Å². The molecule has 24 heavy (non-hydrogen) atoms. The molecule has 130 valence electrons.